The van der Waals surface area contributed by atoms with E-state index in [1.54, 1.807) is 55.7 Å². The minimum absolute atomic E-state index is 0.0438. The smallest absolute Gasteiger partial charge is 0.282 e. The van der Waals surface area contributed by atoms with E-state index in [0.717, 1.165) is 12.2 Å². The second-order valence-corrected chi connectivity index (χ2v) is 8.46. The standard InChI is InChI=1S/C29H30N2O5/c1-4-20(2)22-11-13-24(14-12-22)35-16-17-36-26-15-10-21(19-27(26)34-3)18-25-28(32)30-31(29(25)33)23-8-6-5-7-9-23/h5-15,18-20H,4,16-17H2,1-3H3,(H,30,32)/b25-18-. The second-order valence-electron chi connectivity index (χ2n) is 8.46. The van der Waals surface area contributed by atoms with Crippen LogP contribution in [0.3, 0.4) is 0 Å². The number of hydrogen-bond donors (Lipinski definition) is 1. The van der Waals surface area contributed by atoms with Gasteiger partial charge in [0.25, 0.3) is 11.8 Å². The lowest BCUT2D eigenvalue weighted by Gasteiger charge is -2.14. The Morgan fingerprint density at radius 2 is 1.64 bits per heavy atom. The Morgan fingerprint density at radius 1 is 0.917 bits per heavy atom. The Hall–Kier alpha value is -4.26. The number of nitrogens with one attached hydrogen (secondary N) is 1. The predicted octanol–water partition coefficient (Wildman–Crippen LogP) is 5.13. The average molecular weight is 487 g/mol. The molecular weight excluding hydrogens is 456 g/mol. The lowest BCUT2D eigenvalue weighted by Crippen LogP contribution is -2.35. The summed E-state index contributed by atoms with van der Waals surface area (Å²) in [6, 6.07) is 22.3. The van der Waals surface area contributed by atoms with Crippen molar-refractivity contribution in [2.24, 2.45) is 0 Å². The van der Waals surface area contributed by atoms with Gasteiger partial charge in [0.2, 0.25) is 0 Å². The number of hydrazine groups is 1. The van der Waals surface area contributed by atoms with Crippen molar-refractivity contribution in [3.63, 3.8) is 0 Å². The molecule has 0 aliphatic carbocycles. The molecule has 3 aromatic carbocycles. The van der Waals surface area contributed by atoms with Gasteiger partial charge in [-0.25, -0.2) is 5.01 Å². The molecule has 1 fully saturated rings. The monoisotopic (exact) mass is 486 g/mol. The fourth-order valence-electron chi connectivity index (χ4n) is 3.82. The van der Waals surface area contributed by atoms with Crippen LogP contribution in [0.1, 0.15) is 37.3 Å². The molecule has 4 rings (SSSR count). The Morgan fingerprint density at radius 3 is 2.33 bits per heavy atom. The molecule has 0 spiro atoms. The van der Waals surface area contributed by atoms with Crippen molar-refractivity contribution in [3.8, 4) is 17.2 Å². The molecule has 7 heteroatoms. The number of rotatable bonds is 10. The number of methoxy groups -OCH3 is 1. The highest BCUT2D eigenvalue weighted by Crippen LogP contribution is 2.30. The van der Waals surface area contributed by atoms with Crippen LogP contribution in [0.15, 0.2) is 78.4 Å². The molecule has 0 radical (unpaired) electrons. The zero-order valence-corrected chi connectivity index (χ0v) is 20.7. The number of carbonyl (C=O) groups excluding carboxylic acids is 2. The molecule has 1 unspecified atom stereocenters. The number of benzene rings is 3. The van der Waals surface area contributed by atoms with Crippen molar-refractivity contribution in [2.75, 3.05) is 25.3 Å². The Kier molecular flexibility index (Phi) is 7.90. The van der Waals surface area contributed by atoms with Crippen molar-refractivity contribution in [1.82, 2.24) is 5.43 Å². The molecule has 36 heavy (non-hydrogen) atoms. The van der Waals surface area contributed by atoms with E-state index in [1.807, 2.05) is 18.2 Å². The largest absolute Gasteiger partial charge is 0.493 e. The minimum Gasteiger partial charge on any atom is -0.493 e. The normalized spacial score (nSPS) is 15.1. The zero-order chi connectivity index (χ0) is 25.5. The van der Waals surface area contributed by atoms with Crippen LogP contribution in [0, 0.1) is 0 Å². The molecule has 2 amide bonds. The summed E-state index contributed by atoms with van der Waals surface area (Å²) >= 11 is 0. The van der Waals surface area contributed by atoms with Crippen LogP contribution in [-0.2, 0) is 9.59 Å². The number of nitrogens with zero attached hydrogens (tertiary/aromatic N) is 1. The number of anilines is 1. The quantitative estimate of drug-likeness (QED) is 0.244. The van der Waals surface area contributed by atoms with Crippen LogP contribution in [0.25, 0.3) is 6.08 Å². The first-order valence-electron chi connectivity index (χ1n) is 12.0. The second kappa shape index (κ2) is 11.4. The Bertz CT molecular complexity index is 1240. The van der Waals surface area contributed by atoms with Gasteiger partial charge in [0.15, 0.2) is 11.5 Å². The average Bonchev–Trinajstić information content (AvgIpc) is 3.20. The zero-order valence-electron chi connectivity index (χ0n) is 20.7. The van der Waals surface area contributed by atoms with Crippen LogP contribution in [0.5, 0.6) is 17.2 Å². The molecule has 1 atom stereocenters. The summed E-state index contributed by atoms with van der Waals surface area (Å²) in [5, 5.41) is 1.24. The van der Waals surface area contributed by atoms with E-state index in [4.69, 9.17) is 14.2 Å². The summed E-state index contributed by atoms with van der Waals surface area (Å²) in [6.45, 7) is 5.09. The van der Waals surface area contributed by atoms with Crippen molar-refractivity contribution in [2.45, 2.75) is 26.2 Å². The van der Waals surface area contributed by atoms with Gasteiger partial charge in [0.05, 0.1) is 12.8 Å². The molecule has 0 saturated carbocycles. The summed E-state index contributed by atoms with van der Waals surface area (Å²) in [7, 11) is 1.54. The van der Waals surface area contributed by atoms with E-state index in [2.05, 4.69) is 31.4 Å². The van der Waals surface area contributed by atoms with E-state index in [9.17, 15) is 9.59 Å². The van der Waals surface area contributed by atoms with Crippen LogP contribution in [0.4, 0.5) is 5.69 Å². The van der Waals surface area contributed by atoms with Crippen LogP contribution >= 0.6 is 0 Å². The maximum Gasteiger partial charge on any atom is 0.282 e. The highest BCUT2D eigenvalue weighted by molar-refractivity contribution is 6.31. The summed E-state index contributed by atoms with van der Waals surface area (Å²) in [5.41, 5.74) is 5.17. The van der Waals surface area contributed by atoms with E-state index in [1.165, 1.54) is 10.6 Å². The molecule has 1 N–H and O–H groups in total. The van der Waals surface area contributed by atoms with Gasteiger partial charge >= 0.3 is 0 Å². The summed E-state index contributed by atoms with van der Waals surface area (Å²) in [4.78, 5) is 25.2. The molecule has 0 aromatic heterocycles. The maximum atomic E-state index is 12.8. The highest BCUT2D eigenvalue weighted by atomic mass is 16.5. The van der Waals surface area contributed by atoms with Gasteiger partial charge in [-0.3, -0.25) is 15.0 Å². The van der Waals surface area contributed by atoms with Gasteiger partial charge in [-0.2, -0.15) is 0 Å². The number of hydrogen-bond acceptors (Lipinski definition) is 5. The van der Waals surface area contributed by atoms with Gasteiger partial charge in [-0.1, -0.05) is 50.2 Å². The summed E-state index contributed by atoms with van der Waals surface area (Å²) in [6.07, 6.45) is 2.64. The van der Waals surface area contributed by atoms with Crippen LogP contribution < -0.4 is 24.6 Å². The highest BCUT2D eigenvalue weighted by Gasteiger charge is 2.34. The van der Waals surface area contributed by atoms with Crippen molar-refractivity contribution >= 4 is 23.6 Å². The Balaban J connectivity index is 1.37. The van der Waals surface area contributed by atoms with Gasteiger partial charge in [0.1, 0.15) is 24.5 Å². The topological polar surface area (TPSA) is 77.1 Å². The van der Waals surface area contributed by atoms with Gasteiger partial charge < -0.3 is 14.2 Å². The molecule has 1 aliphatic heterocycles. The number of amides is 2. The summed E-state index contributed by atoms with van der Waals surface area (Å²) < 4.78 is 17.1. The van der Waals surface area contributed by atoms with Gasteiger partial charge in [0, 0.05) is 0 Å². The number of carbonyl (C=O) groups is 2. The first-order valence-corrected chi connectivity index (χ1v) is 12.0. The van der Waals surface area contributed by atoms with E-state index in [-0.39, 0.29) is 5.57 Å². The fraction of sp³-hybridized carbons (Fsp3) is 0.241. The van der Waals surface area contributed by atoms with Crippen LogP contribution in [0.2, 0.25) is 0 Å². The third-order valence-corrected chi connectivity index (χ3v) is 6.08. The minimum atomic E-state index is -0.461. The van der Waals surface area contributed by atoms with Gasteiger partial charge in [-0.05, 0) is 65.9 Å². The lowest BCUT2D eigenvalue weighted by molar-refractivity contribution is -0.117. The third kappa shape index (κ3) is 5.68. The molecule has 1 heterocycles. The van der Waals surface area contributed by atoms with Crippen LogP contribution in [-0.4, -0.2) is 32.1 Å². The fourth-order valence-corrected chi connectivity index (χ4v) is 3.82. The molecule has 3 aromatic rings. The first-order chi connectivity index (χ1) is 17.5. The van der Waals surface area contributed by atoms with Crippen molar-refractivity contribution in [1.29, 1.82) is 0 Å². The summed E-state index contributed by atoms with van der Waals surface area (Å²) in [5.74, 6) is 1.48. The lowest BCUT2D eigenvalue weighted by atomic mass is 9.99. The van der Waals surface area contributed by atoms with Crippen molar-refractivity contribution in [3.05, 3.63) is 89.5 Å². The molecule has 1 aliphatic rings. The predicted molar refractivity (Wildman–Crippen MR) is 139 cm³/mol. The Labute approximate surface area is 211 Å². The van der Waals surface area contributed by atoms with E-state index >= 15 is 0 Å². The first kappa shape index (κ1) is 24.9. The maximum absolute atomic E-state index is 12.8. The van der Waals surface area contributed by atoms with Crippen molar-refractivity contribution < 1.29 is 23.8 Å². The number of ether oxygens (including phenoxy) is 3. The van der Waals surface area contributed by atoms with E-state index < -0.39 is 11.8 Å². The molecular formula is C29H30N2O5. The molecule has 7 nitrogen and oxygen atoms in total. The number of para-hydroxylation sites is 1. The molecule has 0 bridgehead atoms. The molecule has 1 saturated heterocycles. The SMILES string of the molecule is CCC(C)c1ccc(OCCOc2ccc(/C=C3/C(=O)NN(c4ccccc4)C3=O)cc2OC)cc1. The third-order valence-electron chi connectivity index (χ3n) is 6.08. The van der Waals surface area contributed by atoms with E-state index in [0.29, 0.717) is 41.9 Å². The molecule has 186 valence electrons. The van der Waals surface area contributed by atoms with Gasteiger partial charge in [-0.15, -0.1) is 0 Å².